The molecule has 1 aliphatic rings. The van der Waals surface area contributed by atoms with Crippen LogP contribution in [0.3, 0.4) is 0 Å². The summed E-state index contributed by atoms with van der Waals surface area (Å²) in [5, 5.41) is 8.18. The highest BCUT2D eigenvalue weighted by Crippen LogP contribution is 2.25. The molecule has 1 fully saturated rings. The van der Waals surface area contributed by atoms with E-state index in [1.165, 1.54) is 6.42 Å². The van der Waals surface area contributed by atoms with Crippen molar-refractivity contribution in [1.29, 1.82) is 0 Å². The van der Waals surface area contributed by atoms with Crippen molar-refractivity contribution in [2.75, 3.05) is 0 Å². The van der Waals surface area contributed by atoms with Crippen LogP contribution in [0.1, 0.15) is 26.2 Å². The van der Waals surface area contributed by atoms with E-state index in [-0.39, 0.29) is 6.10 Å². The van der Waals surface area contributed by atoms with Gasteiger partial charge in [0.1, 0.15) is 0 Å². The smallest absolute Gasteiger partial charge is 0.0930 e. The minimum absolute atomic E-state index is 0.130. The van der Waals surface area contributed by atoms with Crippen LogP contribution in [0, 0.1) is 5.92 Å². The molecule has 0 bridgehead atoms. The zero-order valence-corrected chi connectivity index (χ0v) is 5.13. The van der Waals surface area contributed by atoms with Crippen molar-refractivity contribution in [2.45, 2.75) is 32.3 Å². The minimum atomic E-state index is 0.130. The van der Waals surface area contributed by atoms with Crippen LogP contribution >= 0.6 is 0 Å². The SMILES string of the molecule is CC1CCC(OO)C1. The number of hydrogen-bond donors (Lipinski definition) is 1. The van der Waals surface area contributed by atoms with Crippen molar-refractivity contribution in [3.63, 3.8) is 0 Å². The molecule has 0 spiro atoms. The largest absolute Gasteiger partial charge is 0.252 e. The molecule has 0 aromatic carbocycles. The van der Waals surface area contributed by atoms with Gasteiger partial charge in [-0.05, 0) is 25.2 Å². The summed E-state index contributed by atoms with van der Waals surface area (Å²) in [6.07, 6.45) is 3.38. The molecule has 0 heterocycles. The predicted molar refractivity (Wildman–Crippen MR) is 30.5 cm³/mol. The Morgan fingerprint density at radius 2 is 2.25 bits per heavy atom. The highest BCUT2D eigenvalue weighted by molar-refractivity contribution is 4.71. The van der Waals surface area contributed by atoms with Gasteiger partial charge in [-0.2, -0.15) is 0 Å². The van der Waals surface area contributed by atoms with Gasteiger partial charge < -0.3 is 0 Å². The lowest BCUT2D eigenvalue weighted by atomic mass is 10.1. The van der Waals surface area contributed by atoms with Gasteiger partial charge in [0, 0.05) is 0 Å². The van der Waals surface area contributed by atoms with Crippen molar-refractivity contribution < 1.29 is 10.1 Å². The van der Waals surface area contributed by atoms with Gasteiger partial charge >= 0.3 is 0 Å². The highest BCUT2D eigenvalue weighted by atomic mass is 17.1. The topological polar surface area (TPSA) is 29.5 Å². The van der Waals surface area contributed by atoms with E-state index in [9.17, 15) is 0 Å². The Hall–Kier alpha value is -0.0800. The van der Waals surface area contributed by atoms with Crippen LogP contribution in [0.5, 0.6) is 0 Å². The molecule has 2 unspecified atom stereocenters. The van der Waals surface area contributed by atoms with Gasteiger partial charge in [-0.25, -0.2) is 4.89 Å². The molecule has 2 atom stereocenters. The summed E-state index contributed by atoms with van der Waals surface area (Å²) in [6, 6.07) is 0. The Labute approximate surface area is 49.4 Å². The van der Waals surface area contributed by atoms with Gasteiger partial charge in [0.05, 0.1) is 6.10 Å². The average molecular weight is 116 g/mol. The first-order valence-electron chi connectivity index (χ1n) is 3.13. The molecule has 0 radical (unpaired) electrons. The maximum atomic E-state index is 8.18. The fourth-order valence-corrected chi connectivity index (χ4v) is 1.25. The molecule has 8 heavy (non-hydrogen) atoms. The molecule has 0 amide bonds. The molecule has 1 rings (SSSR count). The average Bonchev–Trinajstić information content (AvgIpc) is 2.14. The Kier molecular flexibility index (Phi) is 1.86. The maximum Gasteiger partial charge on any atom is 0.0930 e. The Balaban J connectivity index is 2.22. The highest BCUT2D eigenvalue weighted by Gasteiger charge is 2.21. The van der Waals surface area contributed by atoms with Gasteiger partial charge in [0.2, 0.25) is 0 Å². The summed E-state index contributed by atoms with van der Waals surface area (Å²) in [6.45, 7) is 2.18. The predicted octanol–water partition coefficient (Wildman–Crippen LogP) is 1.66. The van der Waals surface area contributed by atoms with Crippen LogP contribution in [0.25, 0.3) is 0 Å². The van der Waals surface area contributed by atoms with Crippen LogP contribution in [0.15, 0.2) is 0 Å². The maximum absolute atomic E-state index is 8.18. The molecule has 1 aliphatic carbocycles. The lowest BCUT2D eigenvalue weighted by Gasteiger charge is -2.01. The van der Waals surface area contributed by atoms with Crippen molar-refractivity contribution >= 4 is 0 Å². The summed E-state index contributed by atoms with van der Waals surface area (Å²) in [5.74, 6) is 0.743. The van der Waals surface area contributed by atoms with Crippen LogP contribution in [0.2, 0.25) is 0 Å². The molecule has 0 aromatic rings. The van der Waals surface area contributed by atoms with Crippen LogP contribution < -0.4 is 0 Å². The second-order valence-corrected chi connectivity index (χ2v) is 2.65. The molecule has 1 saturated carbocycles. The van der Waals surface area contributed by atoms with Gasteiger partial charge in [-0.1, -0.05) is 6.92 Å². The third kappa shape index (κ3) is 1.20. The molecular weight excluding hydrogens is 104 g/mol. The van der Waals surface area contributed by atoms with Gasteiger partial charge in [0.15, 0.2) is 0 Å². The molecule has 48 valence electrons. The molecule has 1 N–H and O–H groups in total. The van der Waals surface area contributed by atoms with E-state index in [4.69, 9.17) is 5.26 Å². The van der Waals surface area contributed by atoms with Crippen molar-refractivity contribution in [3.8, 4) is 0 Å². The van der Waals surface area contributed by atoms with Crippen molar-refractivity contribution in [2.24, 2.45) is 5.92 Å². The number of hydrogen-bond acceptors (Lipinski definition) is 2. The summed E-state index contributed by atoms with van der Waals surface area (Å²) >= 11 is 0. The fourth-order valence-electron chi connectivity index (χ4n) is 1.25. The first kappa shape index (κ1) is 6.05. The van der Waals surface area contributed by atoms with Gasteiger partial charge in [-0.15, -0.1) is 0 Å². The minimum Gasteiger partial charge on any atom is -0.252 e. The van der Waals surface area contributed by atoms with Crippen LogP contribution in [0.4, 0.5) is 0 Å². The Morgan fingerprint density at radius 3 is 2.50 bits per heavy atom. The lowest BCUT2D eigenvalue weighted by Crippen LogP contribution is -2.03. The van der Waals surface area contributed by atoms with Gasteiger partial charge in [-0.3, -0.25) is 5.26 Å². The normalized spacial score (nSPS) is 38.2. The zero-order valence-electron chi connectivity index (χ0n) is 5.13. The lowest BCUT2D eigenvalue weighted by molar-refractivity contribution is -0.276. The number of rotatable bonds is 1. The third-order valence-electron chi connectivity index (χ3n) is 1.80. The van der Waals surface area contributed by atoms with Crippen LogP contribution in [-0.2, 0) is 4.89 Å². The molecule has 2 heteroatoms. The van der Waals surface area contributed by atoms with E-state index in [0.29, 0.717) is 0 Å². The second-order valence-electron chi connectivity index (χ2n) is 2.65. The van der Waals surface area contributed by atoms with E-state index in [0.717, 1.165) is 18.8 Å². The third-order valence-corrected chi connectivity index (χ3v) is 1.80. The van der Waals surface area contributed by atoms with Crippen LogP contribution in [-0.4, -0.2) is 11.4 Å². The summed E-state index contributed by atoms with van der Waals surface area (Å²) in [4.78, 5) is 4.18. The zero-order chi connectivity index (χ0) is 5.98. The molecular formula is C6H12O2. The standard InChI is InChI=1S/C6H12O2/c1-5-2-3-6(4-5)8-7/h5-7H,2-4H2,1H3. The summed E-state index contributed by atoms with van der Waals surface area (Å²) < 4.78 is 0. The van der Waals surface area contributed by atoms with Crippen molar-refractivity contribution in [3.05, 3.63) is 0 Å². The van der Waals surface area contributed by atoms with Gasteiger partial charge in [0.25, 0.3) is 0 Å². The first-order chi connectivity index (χ1) is 3.83. The van der Waals surface area contributed by atoms with E-state index >= 15 is 0 Å². The van der Waals surface area contributed by atoms with E-state index in [1.807, 2.05) is 0 Å². The summed E-state index contributed by atoms with van der Waals surface area (Å²) in [5.41, 5.74) is 0. The van der Waals surface area contributed by atoms with E-state index in [2.05, 4.69) is 11.8 Å². The van der Waals surface area contributed by atoms with E-state index < -0.39 is 0 Å². The Morgan fingerprint density at radius 1 is 1.50 bits per heavy atom. The first-order valence-corrected chi connectivity index (χ1v) is 3.13. The monoisotopic (exact) mass is 116 g/mol. The molecule has 0 saturated heterocycles. The molecule has 0 aromatic heterocycles. The summed E-state index contributed by atoms with van der Waals surface area (Å²) in [7, 11) is 0. The fraction of sp³-hybridized carbons (Fsp3) is 1.00. The van der Waals surface area contributed by atoms with E-state index in [1.54, 1.807) is 0 Å². The Bertz CT molecular complexity index is 72.9. The quantitative estimate of drug-likeness (QED) is 0.417. The molecule has 2 nitrogen and oxygen atoms in total. The molecule has 0 aliphatic heterocycles. The van der Waals surface area contributed by atoms with Crippen molar-refractivity contribution in [1.82, 2.24) is 0 Å². The second kappa shape index (κ2) is 2.46.